The van der Waals surface area contributed by atoms with Gasteiger partial charge in [0.05, 0.1) is 5.56 Å². The van der Waals surface area contributed by atoms with Crippen molar-refractivity contribution in [1.82, 2.24) is 5.32 Å². The first-order valence-electron chi connectivity index (χ1n) is 5.65. The molecule has 0 saturated carbocycles. The van der Waals surface area contributed by atoms with Gasteiger partial charge in [0.25, 0.3) is 5.91 Å². The van der Waals surface area contributed by atoms with Crippen LogP contribution in [-0.4, -0.2) is 28.1 Å². The Bertz CT molecular complexity index is 508. The van der Waals surface area contributed by atoms with Crippen LogP contribution in [0.5, 0.6) is 5.75 Å². The van der Waals surface area contributed by atoms with Crippen LogP contribution in [0.2, 0.25) is 0 Å². The number of rotatable bonds is 3. The number of benzene rings is 1. The van der Waals surface area contributed by atoms with Gasteiger partial charge >= 0.3 is 5.97 Å². The quantitative estimate of drug-likeness (QED) is 0.706. The molecule has 3 N–H and O–H groups in total. The first-order chi connectivity index (χ1) is 8.62. The van der Waals surface area contributed by atoms with Gasteiger partial charge in [-0.2, -0.15) is 0 Å². The molecular formula is C13H16INO4. The zero-order valence-corrected chi connectivity index (χ0v) is 13.1. The van der Waals surface area contributed by atoms with E-state index in [4.69, 9.17) is 5.11 Å². The van der Waals surface area contributed by atoms with Crippen molar-refractivity contribution in [3.05, 3.63) is 27.3 Å². The summed E-state index contributed by atoms with van der Waals surface area (Å²) in [6.07, 6.45) is 0. The number of amides is 1. The summed E-state index contributed by atoms with van der Waals surface area (Å²) in [5.41, 5.74) is -0.554. The fourth-order valence-corrected chi connectivity index (χ4v) is 2.04. The van der Waals surface area contributed by atoms with Crippen molar-refractivity contribution >= 4 is 34.5 Å². The number of carbonyl (C=O) groups excluding carboxylic acids is 1. The lowest BCUT2D eigenvalue weighted by Crippen LogP contribution is -2.49. The molecule has 0 bridgehead atoms. The molecule has 0 aliphatic carbocycles. The summed E-state index contributed by atoms with van der Waals surface area (Å²) in [5, 5.41) is 21.2. The minimum atomic E-state index is -1.11. The van der Waals surface area contributed by atoms with Crippen molar-refractivity contribution < 1.29 is 19.8 Å². The third kappa shape index (κ3) is 4.09. The maximum atomic E-state index is 12.0. The van der Waals surface area contributed by atoms with E-state index in [1.54, 1.807) is 26.8 Å². The van der Waals surface area contributed by atoms with Crippen molar-refractivity contribution in [2.24, 2.45) is 5.41 Å². The van der Waals surface area contributed by atoms with E-state index in [1.807, 2.05) is 22.6 Å². The number of hydrogen-bond donors (Lipinski definition) is 3. The standard InChI is InChI=1S/C13H16INO4/c1-13(2,3)10(12(18)19)15-11(17)8-6-7(14)4-5-9(8)16/h4-6,10,16H,1-3H3,(H,15,17)(H,18,19)/t10-/m0/s1. The van der Waals surface area contributed by atoms with Crippen LogP contribution in [0, 0.1) is 8.99 Å². The maximum absolute atomic E-state index is 12.0. The van der Waals surface area contributed by atoms with Crippen molar-refractivity contribution in [3.8, 4) is 5.75 Å². The fraction of sp³-hybridized carbons (Fsp3) is 0.385. The highest BCUT2D eigenvalue weighted by Gasteiger charge is 2.33. The molecule has 0 aliphatic heterocycles. The Balaban J connectivity index is 3.01. The van der Waals surface area contributed by atoms with E-state index in [1.165, 1.54) is 12.1 Å². The van der Waals surface area contributed by atoms with Gasteiger partial charge in [-0.3, -0.25) is 4.79 Å². The van der Waals surface area contributed by atoms with E-state index >= 15 is 0 Å². The molecule has 0 radical (unpaired) electrons. The summed E-state index contributed by atoms with van der Waals surface area (Å²) >= 11 is 2.01. The number of nitrogens with one attached hydrogen (secondary N) is 1. The van der Waals surface area contributed by atoms with Gasteiger partial charge in [-0.15, -0.1) is 0 Å². The second-order valence-electron chi connectivity index (χ2n) is 5.27. The van der Waals surface area contributed by atoms with Gasteiger partial charge in [-0.25, -0.2) is 4.79 Å². The van der Waals surface area contributed by atoms with E-state index < -0.39 is 23.3 Å². The first-order valence-corrected chi connectivity index (χ1v) is 6.73. The summed E-state index contributed by atoms with van der Waals surface area (Å²) in [6, 6.07) is 3.54. The lowest BCUT2D eigenvalue weighted by molar-refractivity contribution is -0.142. The molecular weight excluding hydrogens is 361 g/mol. The van der Waals surface area contributed by atoms with Gasteiger partial charge < -0.3 is 15.5 Å². The van der Waals surface area contributed by atoms with Gasteiger partial charge in [0.1, 0.15) is 11.8 Å². The van der Waals surface area contributed by atoms with Crippen LogP contribution in [0.1, 0.15) is 31.1 Å². The Morgan fingerprint density at radius 2 is 1.89 bits per heavy atom. The smallest absolute Gasteiger partial charge is 0.326 e. The SMILES string of the molecule is CC(C)(C)[C@@H](NC(=O)c1cc(I)ccc1O)C(=O)O. The Morgan fingerprint density at radius 1 is 1.32 bits per heavy atom. The fourth-order valence-electron chi connectivity index (χ4n) is 1.55. The summed E-state index contributed by atoms with van der Waals surface area (Å²) in [7, 11) is 0. The minimum Gasteiger partial charge on any atom is -0.507 e. The molecule has 6 heteroatoms. The molecule has 0 spiro atoms. The lowest BCUT2D eigenvalue weighted by atomic mass is 9.86. The van der Waals surface area contributed by atoms with E-state index in [-0.39, 0.29) is 11.3 Å². The topological polar surface area (TPSA) is 86.6 Å². The summed E-state index contributed by atoms with van der Waals surface area (Å²) in [4.78, 5) is 23.2. The number of carbonyl (C=O) groups is 2. The molecule has 0 aliphatic rings. The molecule has 0 aromatic heterocycles. The van der Waals surface area contributed by atoms with Crippen LogP contribution in [-0.2, 0) is 4.79 Å². The molecule has 1 amide bonds. The van der Waals surface area contributed by atoms with Crippen molar-refractivity contribution in [2.75, 3.05) is 0 Å². The predicted octanol–water partition coefficient (Wildman–Crippen LogP) is 2.23. The molecule has 19 heavy (non-hydrogen) atoms. The van der Waals surface area contributed by atoms with Crippen LogP contribution in [0.25, 0.3) is 0 Å². The van der Waals surface area contributed by atoms with Crippen LogP contribution < -0.4 is 5.32 Å². The summed E-state index contributed by atoms with van der Waals surface area (Å²) in [5.74, 6) is -1.87. The molecule has 0 unspecified atom stereocenters. The number of aliphatic carboxylic acids is 1. The van der Waals surface area contributed by atoms with Crippen LogP contribution in [0.3, 0.4) is 0 Å². The normalized spacial score (nSPS) is 12.8. The largest absolute Gasteiger partial charge is 0.507 e. The Labute approximate surface area is 125 Å². The lowest BCUT2D eigenvalue weighted by Gasteiger charge is -2.27. The molecule has 0 heterocycles. The average Bonchev–Trinajstić information content (AvgIpc) is 2.26. The highest BCUT2D eigenvalue weighted by Crippen LogP contribution is 2.23. The molecule has 1 rings (SSSR count). The number of halogens is 1. The van der Waals surface area contributed by atoms with Gasteiger partial charge in [-0.05, 0) is 46.2 Å². The van der Waals surface area contributed by atoms with E-state index in [0.29, 0.717) is 0 Å². The first kappa shape index (κ1) is 15.7. The highest BCUT2D eigenvalue weighted by molar-refractivity contribution is 14.1. The van der Waals surface area contributed by atoms with Crippen LogP contribution in [0.4, 0.5) is 0 Å². The Hall–Kier alpha value is -1.31. The molecule has 5 nitrogen and oxygen atoms in total. The van der Waals surface area contributed by atoms with E-state index in [9.17, 15) is 14.7 Å². The number of hydrogen-bond acceptors (Lipinski definition) is 3. The number of phenols is 1. The van der Waals surface area contributed by atoms with Crippen molar-refractivity contribution in [3.63, 3.8) is 0 Å². The van der Waals surface area contributed by atoms with E-state index in [0.717, 1.165) is 3.57 Å². The second-order valence-corrected chi connectivity index (χ2v) is 6.52. The third-order valence-corrected chi connectivity index (χ3v) is 3.26. The van der Waals surface area contributed by atoms with Gasteiger partial charge in [0.2, 0.25) is 0 Å². The molecule has 1 aromatic carbocycles. The highest BCUT2D eigenvalue weighted by atomic mass is 127. The molecule has 0 saturated heterocycles. The van der Waals surface area contributed by atoms with Crippen LogP contribution >= 0.6 is 22.6 Å². The molecule has 1 atom stereocenters. The zero-order chi connectivity index (χ0) is 14.8. The number of aromatic hydroxyl groups is 1. The maximum Gasteiger partial charge on any atom is 0.326 e. The molecule has 104 valence electrons. The van der Waals surface area contributed by atoms with E-state index in [2.05, 4.69) is 5.32 Å². The monoisotopic (exact) mass is 377 g/mol. The third-order valence-electron chi connectivity index (χ3n) is 2.59. The molecule has 0 fully saturated rings. The van der Waals surface area contributed by atoms with Crippen LogP contribution in [0.15, 0.2) is 18.2 Å². The van der Waals surface area contributed by atoms with Gasteiger partial charge in [0, 0.05) is 3.57 Å². The minimum absolute atomic E-state index is 0.0717. The Kier molecular flexibility index (Phi) is 4.78. The number of phenolic OH excluding ortho intramolecular Hbond substituents is 1. The van der Waals surface area contributed by atoms with Crippen molar-refractivity contribution in [2.45, 2.75) is 26.8 Å². The van der Waals surface area contributed by atoms with Gasteiger partial charge in [0.15, 0.2) is 0 Å². The predicted molar refractivity (Wildman–Crippen MR) is 79.2 cm³/mol. The molecule has 1 aromatic rings. The van der Waals surface area contributed by atoms with Gasteiger partial charge in [-0.1, -0.05) is 20.8 Å². The second kappa shape index (κ2) is 5.77. The number of carboxylic acid groups (broad SMARTS) is 1. The Morgan fingerprint density at radius 3 is 2.37 bits per heavy atom. The summed E-state index contributed by atoms with van der Waals surface area (Å²) in [6.45, 7) is 5.17. The number of carboxylic acids is 1. The van der Waals surface area contributed by atoms with Crippen molar-refractivity contribution in [1.29, 1.82) is 0 Å². The average molecular weight is 377 g/mol. The summed E-state index contributed by atoms with van der Waals surface area (Å²) < 4.78 is 0.781. The zero-order valence-electron chi connectivity index (χ0n) is 10.9.